The number of aryl methyl sites for hydroxylation is 1. The zero-order chi connectivity index (χ0) is 7.84. The molecular formula is C9H9BrS. The molecule has 0 fully saturated rings. The van der Waals surface area contributed by atoms with Gasteiger partial charge >= 0.3 is 0 Å². The van der Waals surface area contributed by atoms with Gasteiger partial charge in [0.15, 0.2) is 0 Å². The summed E-state index contributed by atoms with van der Waals surface area (Å²) in [5, 5.41) is 1.42. The molecule has 1 aliphatic carbocycles. The predicted octanol–water partition coefficient (Wildman–Crippen LogP) is 2.13. The van der Waals surface area contributed by atoms with Crippen LogP contribution in [-0.2, 0) is 0 Å². The molecule has 11 heavy (non-hydrogen) atoms. The second-order valence-corrected chi connectivity index (χ2v) is 5.00. The van der Waals surface area contributed by atoms with Crippen molar-refractivity contribution in [3.8, 4) is 0 Å². The third-order valence-corrected chi connectivity index (χ3v) is 4.04. The summed E-state index contributed by atoms with van der Waals surface area (Å²) in [5.74, 6) is 0. The highest BCUT2D eigenvalue weighted by Crippen LogP contribution is 2.16. The van der Waals surface area contributed by atoms with Crippen LogP contribution in [0.1, 0.15) is 17.7 Å². The number of halogens is 1. The summed E-state index contributed by atoms with van der Waals surface area (Å²) in [4.78, 5) is 1.41. The second-order valence-electron chi connectivity index (χ2n) is 2.79. The minimum atomic E-state index is 1.17. The van der Waals surface area contributed by atoms with E-state index in [1.54, 1.807) is 0 Å². The van der Waals surface area contributed by atoms with Gasteiger partial charge in [-0.2, -0.15) is 0 Å². The fraction of sp³-hybridized carbons (Fsp3) is 0.333. The molecule has 1 aromatic heterocycles. The van der Waals surface area contributed by atoms with Gasteiger partial charge in [-0.15, -0.1) is 11.3 Å². The summed E-state index contributed by atoms with van der Waals surface area (Å²) in [5.41, 5.74) is 0. The third-order valence-electron chi connectivity index (χ3n) is 1.86. The molecule has 2 rings (SSSR count). The fourth-order valence-corrected chi connectivity index (χ4v) is 3.05. The van der Waals surface area contributed by atoms with E-state index in [4.69, 9.17) is 0 Å². The molecule has 0 bridgehead atoms. The van der Waals surface area contributed by atoms with E-state index in [1.807, 2.05) is 11.3 Å². The number of hydrogen-bond donors (Lipinski definition) is 0. The number of hydrogen-bond acceptors (Lipinski definition) is 1. The maximum atomic E-state index is 3.61. The number of thiophene rings is 1. The van der Waals surface area contributed by atoms with E-state index >= 15 is 0 Å². The van der Waals surface area contributed by atoms with Gasteiger partial charge in [-0.25, -0.2) is 0 Å². The van der Waals surface area contributed by atoms with E-state index in [0.717, 1.165) is 0 Å². The van der Waals surface area contributed by atoms with Gasteiger partial charge in [0.2, 0.25) is 0 Å². The zero-order valence-corrected chi connectivity index (χ0v) is 8.76. The summed E-state index contributed by atoms with van der Waals surface area (Å²) < 4.78 is 2.82. The molecule has 0 saturated carbocycles. The van der Waals surface area contributed by atoms with Crippen molar-refractivity contribution in [1.82, 2.24) is 0 Å². The average molecular weight is 229 g/mol. The zero-order valence-electron chi connectivity index (χ0n) is 6.36. The number of fused-ring (bicyclic) bond motifs is 1. The van der Waals surface area contributed by atoms with Crippen molar-refractivity contribution < 1.29 is 0 Å². The van der Waals surface area contributed by atoms with E-state index in [9.17, 15) is 0 Å². The number of rotatable bonds is 0. The molecule has 1 heterocycles. The van der Waals surface area contributed by atoms with Crippen LogP contribution in [0.4, 0.5) is 0 Å². The molecule has 2 heteroatoms. The van der Waals surface area contributed by atoms with Crippen LogP contribution >= 0.6 is 27.3 Å². The van der Waals surface area contributed by atoms with Crippen LogP contribution in [0.15, 0.2) is 6.07 Å². The normalized spacial score (nSPS) is 16.0. The van der Waals surface area contributed by atoms with Crippen molar-refractivity contribution >= 4 is 37.8 Å². The van der Waals surface area contributed by atoms with Gasteiger partial charge in [0.05, 0.1) is 0 Å². The van der Waals surface area contributed by atoms with E-state index in [0.29, 0.717) is 0 Å². The van der Waals surface area contributed by atoms with E-state index in [1.165, 1.54) is 32.0 Å². The van der Waals surface area contributed by atoms with Gasteiger partial charge in [0.1, 0.15) is 0 Å². The highest BCUT2D eigenvalue weighted by atomic mass is 79.9. The van der Waals surface area contributed by atoms with Crippen LogP contribution in [0.2, 0.25) is 0 Å². The third kappa shape index (κ3) is 1.30. The lowest BCUT2D eigenvalue weighted by molar-refractivity contribution is 1.12. The molecule has 1 aromatic rings. The van der Waals surface area contributed by atoms with Crippen LogP contribution in [0.5, 0.6) is 0 Å². The predicted molar refractivity (Wildman–Crippen MR) is 54.3 cm³/mol. The molecule has 0 nitrogen and oxygen atoms in total. The molecule has 58 valence electrons. The van der Waals surface area contributed by atoms with Crippen LogP contribution in [0.25, 0.3) is 10.6 Å². The Morgan fingerprint density at radius 2 is 2.36 bits per heavy atom. The van der Waals surface area contributed by atoms with Gasteiger partial charge < -0.3 is 0 Å². The summed E-state index contributed by atoms with van der Waals surface area (Å²) in [7, 11) is 0. The van der Waals surface area contributed by atoms with Gasteiger partial charge in [-0.05, 0) is 31.1 Å². The Labute approximate surface area is 78.4 Å². The minimum Gasteiger partial charge on any atom is -0.140 e. The van der Waals surface area contributed by atoms with Crippen molar-refractivity contribution in [2.75, 3.05) is 0 Å². The Balaban J connectivity index is 2.88. The first-order valence-electron chi connectivity index (χ1n) is 3.73. The van der Waals surface area contributed by atoms with Gasteiger partial charge in [-0.1, -0.05) is 22.0 Å². The molecule has 0 atom stereocenters. The summed E-state index contributed by atoms with van der Waals surface area (Å²) in [6.07, 6.45) is 4.68. The average Bonchev–Trinajstić information content (AvgIpc) is 2.31. The SMILES string of the molecule is Cc1cc2c(s1)=C(Br)CCC=2. The molecule has 0 radical (unpaired) electrons. The van der Waals surface area contributed by atoms with Crippen LogP contribution in [-0.4, -0.2) is 0 Å². The molecule has 0 saturated heterocycles. The molecule has 0 spiro atoms. The Bertz CT molecular complexity index is 386. The first-order chi connectivity index (χ1) is 5.27. The highest BCUT2D eigenvalue weighted by molar-refractivity contribution is 9.14. The fourth-order valence-electron chi connectivity index (χ4n) is 1.37. The lowest BCUT2D eigenvalue weighted by Crippen LogP contribution is -2.21. The lowest BCUT2D eigenvalue weighted by Gasteiger charge is -1.98. The van der Waals surface area contributed by atoms with Gasteiger partial charge in [0.25, 0.3) is 0 Å². The van der Waals surface area contributed by atoms with Crippen molar-refractivity contribution in [1.29, 1.82) is 0 Å². The Kier molecular flexibility index (Phi) is 1.90. The Hall–Kier alpha value is -0.0800. The Morgan fingerprint density at radius 3 is 3.09 bits per heavy atom. The topological polar surface area (TPSA) is 0 Å². The molecule has 0 amide bonds. The molecule has 0 N–H and O–H groups in total. The van der Waals surface area contributed by atoms with Crippen molar-refractivity contribution in [3.63, 3.8) is 0 Å². The molecule has 1 aliphatic rings. The molecule has 0 unspecified atom stereocenters. The largest absolute Gasteiger partial charge is 0.140 e. The van der Waals surface area contributed by atoms with Gasteiger partial charge in [0, 0.05) is 13.9 Å². The minimum absolute atomic E-state index is 1.17. The van der Waals surface area contributed by atoms with Crippen molar-refractivity contribution in [3.05, 3.63) is 20.7 Å². The van der Waals surface area contributed by atoms with Crippen LogP contribution < -0.4 is 9.75 Å². The summed E-state index contributed by atoms with van der Waals surface area (Å²) >= 11 is 5.49. The monoisotopic (exact) mass is 228 g/mol. The smallest absolute Gasteiger partial charge is 0.0443 e. The first kappa shape index (κ1) is 7.56. The van der Waals surface area contributed by atoms with Gasteiger partial charge in [-0.3, -0.25) is 0 Å². The highest BCUT2D eigenvalue weighted by Gasteiger charge is 2.02. The summed E-state index contributed by atoms with van der Waals surface area (Å²) in [6, 6.07) is 2.26. The quantitative estimate of drug-likeness (QED) is 0.639. The maximum absolute atomic E-state index is 3.61. The molecule has 0 aromatic carbocycles. The molecule has 0 aliphatic heterocycles. The van der Waals surface area contributed by atoms with Crippen molar-refractivity contribution in [2.45, 2.75) is 19.8 Å². The van der Waals surface area contributed by atoms with E-state index < -0.39 is 0 Å². The Morgan fingerprint density at radius 1 is 1.55 bits per heavy atom. The van der Waals surface area contributed by atoms with E-state index in [-0.39, 0.29) is 0 Å². The summed E-state index contributed by atoms with van der Waals surface area (Å²) in [6.45, 7) is 2.16. The maximum Gasteiger partial charge on any atom is 0.0443 e. The first-order valence-corrected chi connectivity index (χ1v) is 5.33. The van der Waals surface area contributed by atoms with Crippen LogP contribution in [0, 0.1) is 6.92 Å². The molecular weight excluding hydrogens is 220 g/mol. The second kappa shape index (κ2) is 2.76. The lowest BCUT2D eigenvalue weighted by atomic mass is 10.2. The van der Waals surface area contributed by atoms with Crippen LogP contribution in [0.3, 0.4) is 0 Å². The standard InChI is InChI=1S/C9H9BrS/c1-6-5-7-3-2-4-8(10)9(7)11-6/h3,5H,2,4H2,1H3. The van der Waals surface area contributed by atoms with E-state index in [2.05, 4.69) is 35.0 Å². The van der Waals surface area contributed by atoms with Crippen molar-refractivity contribution in [2.24, 2.45) is 0 Å².